The van der Waals surface area contributed by atoms with Crippen LogP contribution < -0.4 is 5.30 Å². The van der Waals surface area contributed by atoms with E-state index in [-0.39, 0.29) is 16.2 Å². The summed E-state index contributed by atoms with van der Waals surface area (Å²) in [5, 5.41) is 3.78. The zero-order chi connectivity index (χ0) is 20.1. The molecule has 0 aliphatic rings. The molecule has 0 bridgehead atoms. The Hall–Kier alpha value is -2.41. The molecule has 28 heavy (non-hydrogen) atoms. The van der Waals surface area contributed by atoms with Crippen LogP contribution in [0.4, 0.5) is 5.13 Å². The fourth-order valence-electron chi connectivity index (χ4n) is 2.81. The molecule has 2 aromatic heterocycles. The highest BCUT2D eigenvalue weighted by Gasteiger charge is 2.34. The smallest absolute Gasteiger partial charge is 0.363 e. The van der Waals surface area contributed by atoms with E-state index >= 15 is 0 Å². The maximum atomic E-state index is 13.1. The fraction of sp³-hybridized carbons (Fsp3) is 0.278. The number of hydrogen-bond donors (Lipinski definition) is 1. The first kappa shape index (κ1) is 20.3. The summed E-state index contributed by atoms with van der Waals surface area (Å²) in [5.74, 6) is 0.154. The fourth-order valence-corrected chi connectivity index (χ4v) is 5.02. The van der Waals surface area contributed by atoms with Crippen LogP contribution in [0.25, 0.3) is 21.9 Å². The number of furan rings is 1. The van der Waals surface area contributed by atoms with Gasteiger partial charge < -0.3 is 9.31 Å². The van der Waals surface area contributed by atoms with Crippen LogP contribution in [-0.4, -0.2) is 9.88 Å². The van der Waals surface area contributed by atoms with Gasteiger partial charge in [0, 0.05) is 9.79 Å². The van der Waals surface area contributed by atoms with Gasteiger partial charge in [0.15, 0.2) is 10.9 Å². The minimum Gasteiger partial charge on any atom is -0.462 e. The van der Waals surface area contributed by atoms with Crippen molar-refractivity contribution in [3.05, 3.63) is 63.5 Å². The topological polar surface area (TPSA) is 121 Å². The molecule has 0 aliphatic heterocycles. The van der Waals surface area contributed by atoms with Crippen molar-refractivity contribution in [2.75, 3.05) is 0 Å². The lowest BCUT2D eigenvalue weighted by Gasteiger charge is -2.20. The molecule has 0 saturated carbocycles. The van der Waals surface area contributed by atoms with Crippen LogP contribution in [0, 0.1) is 0 Å². The van der Waals surface area contributed by atoms with Crippen LogP contribution in [0.5, 0.6) is 0 Å². The summed E-state index contributed by atoms with van der Waals surface area (Å²) in [6.45, 7) is 3.80. The van der Waals surface area contributed by atoms with Crippen molar-refractivity contribution in [1.29, 1.82) is 0 Å². The summed E-state index contributed by atoms with van der Waals surface area (Å²) >= 11 is 1.21. The lowest BCUT2D eigenvalue weighted by atomic mass is 10.1. The van der Waals surface area contributed by atoms with E-state index in [0.717, 1.165) is 10.4 Å². The van der Waals surface area contributed by atoms with Gasteiger partial charge >= 0.3 is 7.60 Å². The number of nitrogens with zero attached hydrogens (tertiary/aromatic N) is 4. The number of hydrogen-bond acceptors (Lipinski definition) is 6. The Morgan fingerprint density at radius 2 is 2.11 bits per heavy atom. The molecule has 2 unspecified atom stereocenters. The molecule has 0 radical (unpaired) electrons. The summed E-state index contributed by atoms with van der Waals surface area (Å²) in [5.41, 5.74) is 9.85. The van der Waals surface area contributed by atoms with Gasteiger partial charge in [0.2, 0.25) is 0 Å². The van der Waals surface area contributed by atoms with E-state index < -0.39 is 13.7 Å². The maximum Gasteiger partial charge on any atom is 0.363 e. The van der Waals surface area contributed by atoms with Crippen molar-refractivity contribution >= 4 is 29.4 Å². The van der Waals surface area contributed by atoms with E-state index in [9.17, 15) is 9.46 Å². The summed E-state index contributed by atoms with van der Waals surface area (Å²) in [7, 11) is -4.21. The molecule has 8 nitrogen and oxygen atoms in total. The molecule has 0 aliphatic carbocycles. The number of thiazole rings is 1. The highest BCUT2D eigenvalue weighted by atomic mass is 32.1. The van der Waals surface area contributed by atoms with Crippen LogP contribution in [0.15, 0.2) is 52.2 Å². The average Bonchev–Trinajstić information content (AvgIpc) is 3.34. The molecule has 10 heteroatoms. The van der Waals surface area contributed by atoms with Gasteiger partial charge in [-0.15, -0.1) is 11.3 Å². The Balaban J connectivity index is 1.98. The average molecular weight is 418 g/mol. The molecule has 2 heterocycles. The van der Waals surface area contributed by atoms with Crippen LogP contribution in [0.2, 0.25) is 0 Å². The van der Waals surface area contributed by atoms with Gasteiger partial charge in [-0.05, 0) is 35.1 Å². The lowest BCUT2D eigenvalue weighted by Crippen LogP contribution is -2.11. The molecular weight excluding hydrogens is 399 g/mol. The molecule has 1 N–H and O–H groups in total. The maximum absolute atomic E-state index is 13.1. The Bertz CT molecular complexity index is 1040. The second-order valence-corrected chi connectivity index (χ2v) is 8.68. The summed E-state index contributed by atoms with van der Waals surface area (Å²) < 4.78 is 24.3. The zero-order valence-corrected chi connectivity index (χ0v) is 17.1. The standard InChI is InChI=1S/C18H19N4O4PS/c1-3-13(12-8-6-5-7-9-12)26-27(23,24)14-10-11-25-17(14)16-15(4-2)28-18(20-16)21-22-19/h5-11,13H,3-4H2,1-2H3,(H,23,24). The predicted octanol–water partition coefficient (Wildman–Crippen LogP) is 5.89. The minimum absolute atomic E-state index is 0.0365. The zero-order valence-electron chi connectivity index (χ0n) is 15.3. The molecule has 0 saturated heterocycles. The number of aryl methyl sites for hydroxylation is 1. The van der Waals surface area contributed by atoms with Crippen molar-refractivity contribution in [1.82, 2.24) is 4.98 Å². The normalized spacial score (nSPS) is 14.2. The largest absolute Gasteiger partial charge is 0.462 e. The van der Waals surface area contributed by atoms with Crippen LogP contribution in [0.1, 0.15) is 36.8 Å². The first-order chi connectivity index (χ1) is 13.5. The Morgan fingerprint density at radius 3 is 2.75 bits per heavy atom. The number of aromatic nitrogens is 1. The number of rotatable bonds is 8. The van der Waals surface area contributed by atoms with Gasteiger partial charge in [-0.25, -0.2) is 4.98 Å². The lowest BCUT2D eigenvalue weighted by molar-refractivity contribution is 0.178. The highest BCUT2D eigenvalue weighted by molar-refractivity contribution is 7.61. The third-order valence-corrected chi connectivity index (χ3v) is 6.70. The molecule has 3 aromatic rings. The van der Waals surface area contributed by atoms with Crippen LogP contribution in [0.3, 0.4) is 0 Å². The predicted molar refractivity (Wildman–Crippen MR) is 108 cm³/mol. The van der Waals surface area contributed by atoms with Crippen molar-refractivity contribution in [3.8, 4) is 11.5 Å². The van der Waals surface area contributed by atoms with Crippen molar-refractivity contribution in [2.24, 2.45) is 5.11 Å². The van der Waals surface area contributed by atoms with Gasteiger partial charge in [0.1, 0.15) is 11.0 Å². The van der Waals surface area contributed by atoms with E-state index in [0.29, 0.717) is 18.5 Å². The Labute approximate surface area is 166 Å². The molecular formula is C18H19N4O4PS. The second-order valence-electron chi connectivity index (χ2n) is 5.88. The minimum atomic E-state index is -4.21. The van der Waals surface area contributed by atoms with Crippen LogP contribution >= 0.6 is 18.9 Å². The molecule has 146 valence electrons. The quantitative estimate of drug-likeness (QED) is 0.212. The van der Waals surface area contributed by atoms with Crippen molar-refractivity contribution < 1.29 is 18.4 Å². The first-order valence-electron chi connectivity index (χ1n) is 8.69. The monoisotopic (exact) mass is 418 g/mol. The van der Waals surface area contributed by atoms with Gasteiger partial charge in [0.25, 0.3) is 0 Å². The SMILES string of the molecule is CCc1sc(N=[N+]=[N-])nc1-c1occc1P(=O)(O)OC(CC)c1ccccc1. The van der Waals surface area contributed by atoms with Crippen molar-refractivity contribution in [3.63, 3.8) is 0 Å². The third kappa shape index (κ3) is 4.19. The molecule has 0 amide bonds. The van der Waals surface area contributed by atoms with E-state index in [1.54, 1.807) is 0 Å². The molecule has 2 atom stereocenters. The molecule has 0 spiro atoms. The van der Waals surface area contributed by atoms with E-state index in [4.69, 9.17) is 14.5 Å². The van der Waals surface area contributed by atoms with Crippen LogP contribution in [-0.2, 0) is 15.5 Å². The number of azide groups is 1. The first-order valence-corrected chi connectivity index (χ1v) is 11.1. The summed E-state index contributed by atoms with van der Waals surface area (Å²) in [6, 6.07) is 10.7. The Kier molecular flexibility index (Phi) is 6.34. The Morgan fingerprint density at radius 1 is 1.36 bits per heavy atom. The molecule has 3 rings (SSSR count). The van der Waals surface area contributed by atoms with Crippen molar-refractivity contribution in [2.45, 2.75) is 32.8 Å². The van der Waals surface area contributed by atoms with Gasteiger partial charge in [-0.2, -0.15) is 0 Å². The second kappa shape index (κ2) is 8.73. The van der Waals surface area contributed by atoms with E-state index in [1.807, 2.05) is 44.2 Å². The summed E-state index contributed by atoms with van der Waals surface area (Å²) in [4.78, 5) is 18.5. The van der Waals surface area contributed by atoms with E-state index in [1.165, 1.54) is 23.7 Å². The molecule has 1 aromatic carbocycles. The summed E-state index contributed by atoms with van der Waals surface area (Å²) in [6.07, 6.45) is 1.91. The van der Waals surface area contributed by atoms with E-state index in [2.05, 4.69) is 15.0 Å². The van der Waals surface area contributed by atoms with Gasteiger partial charge in [-0.1, -0.05) is 44.2 Å². The van der Waals surface area contributed by atoms with Gasteiger partial charge in [0.05, 0.1) is 12.4 Å². The number of benzene rings is 1. The molecule has 0 fully saturated rings. The third-order valence-electron chi connectivity index (χ3n) is 4.11. The van der Waals surface area contributed by atoms with Gasteiger partial charge in [-0.3, -0.25) is 9.09 Å². The highest BCUT2D eigenvalue weighted by Crippen LogP contribution is 2.49.